The minimum absolute atomic E-state index is 0.122. The zero-order chi connectivity index (χ0) is 12.7. The molecule has 0 aliphatic carbocycles. The van der Waals surface area contributed by atoms with E-state index in [2.05, 4.69) is 33.9 Å². The van der Waals surface area contributed by atoms with Crippen molar-refractivity contribution in [1.82, 2.24) is 9.97 Å². The highest BCUT2D eigenvalue weighted by Gasteiger charge is 2.12. The van der Waals surface area contributed by atoms with Crippen molar-refractivity contribution in [3.8, 4) is 0 Å². The second-order valence-electron chi connectivity index (χ2n) is 3.74. The number of carbonyl (C=O) groups is 1. The van der Waals surface area contributed by atoms with Crippen molar-refractivity contribution in [1.29, 1.82) is 0 Å². The van der Waals surface area contributed by atoms with E-state index < -0.39 is 5.97 Å². The van der Waals surface area contributed by atoms with Gasteiger partial charge in [0.15, 0.2) is 0 Å². The van der Waals surface area contributed by atoms with E-state index in [-0.39, 0.29) is 5.82 Å². The van der Waals surface area contributed by atoms with Gasteiger partial charge in [0.2, 0.25) is 5.82 Å². The lowest BCUT2D eigenvalue weighted by Crippen LogP contribution is -2.12. The molecule has 5 heteroatoms. The Morgan fingerprint density at radius 2 is 2.12 bits per heavy atom. The molecular weight excluding hydrogens is 218 g/mol. The van der Waals surface area contributed by atoms with Crippen LogP contribution in [0.2, 0.25) is 0 Å². The van der Waals surface area contributed by atoms with Crippen LogP contribution in [-0.4, -0.2) is 29.6 Å². The molecule has 0 spiro atoms. The standard InChI is InChI=1S/C12H19N3O2/c1-4-6-9-8-10(13-7-5-2)15-11(14-9)12(16)17-3/h8H,4-7H2,1-3H3,(H,13,14,15). The van der Waals surface area contributed by atoms with Crippen LogP contribution in [0.4, 0.5) is 5.82 Å². The topological polar surface area (TPSA) is 64.1 Å². The zero-order valence-electron chi connectivity index (χ0n) is 10.6. The van der Waals surface area contributed by atoms with Crippen LogP contribution in [0.3, 0.4) is 0 Å². The van der Waals surface area contributed by atoms with Crippen LogP contribution >= 0.6 is 0 Å². The van der Waals surface area contributed by atoms with Gasteiger partial charge in [-0.2, -0.15) is 0 Å². The first-order valence-corrected chi connectivity index (χ1v) is 5.91. The van der Waals surface area contributed by atoms with Crippen LogP contribution in [0.15, 0.2) is 6.07 Å². The Morgan fingerprint density at radius 1 is 1.35 bits per heavy atom. The summed E-state index contributed by atoms with van der Waals surface area (Å²) in [5, 5.41) is 3.15. The molecule has 0 aliphatic heterocycles. The molecule has 0 atom stereocenters. The largest absolute Gasteiger partial charge is 0.463 e. The molecule has 94 valence electrons. The summed E-state index contributed by atoms with van der Waals surface area (Å²) >= 11 is 0. The molecule has 1 N–H and O–H groups in total. The fraction of sp³-hybridized carbons (Fsp3) is 0.583. The second-order valence-corrected chi connectivity index (χ2v) is 3.74. The van der Waals surface area contributed by atoms with E-state index in [4.69, 9.17) is 0 Å². The van der Waals surface area contributed by atoms with Crippen LogP contribution in [-0.2, 0) is 11.2 Å². The first-order valence-electron chi connectivity index (χ1n) is 5.91. The lowest BCUT2D eigenvalue weighted by Gasteiger charge is -2.07. The number of nitrogens with one attached hydrogen (secondary N) is 1. The number of anilines is 1. The van der Waals surface area contributed by atoms with Crippen molar-refractivity contribution in [2.45, 2.75) is 33.1 Å². The summed E-state index contributed by atoms with van der Waals surface area (Å²) in [6.07, 6.45) is 2.80. The van der Waals surface area contributed by atoms with Gasteiger partial charge in [-0.05, 0) is 12.8 Å². The Kier molecular flexibility index (Phi) is 5.39. The molecule has 1 aromatic heterocycles. The molecule has 17 heavy (non-hydrogen) atoms. The van der Waals surface area contributed by atoms with Crippen LogP contribution in [0, 0.1) is 0 Å². The van der Waals surface area contributed by atoms with Gasteiger partial charge in [-0.25, -0.2) is 14.8 Å². The van der Waals surface area contributed by atoms with Crippen LogP contribution < -0.4 is 5.32 Å². The van der Waals surface area contributed by atoms with Crippen molar-refractivity contribution < 1.29 is 9.53 Å². The Morgan fingerprint density at radius 3 is 2.71 bits per heavy atom. The molecule has 0 bridgehead atoms. The van der Waals surface area contributed by atoms with Gasteiger partial charge in [-0.15, -0.1) is 0 Å². The highest BCUT2D eigenvalue weighted by molar-refractivity contribution is 5.85. The molecule has 1 rings (SSSR count). The quantitative estimate of drug-likeness (QED) is 0.767. The van der Waals surface area contributed by atoms with E-state index in [9.17, 15) is 4.79 Å². The Labute approximate surface area is 102 Å². The molecule has 0 aliphatic rings. The molecule has 0 saturated carbocycles. The van der Waals surface area contributed by atoms with Gasteiger partial charge in [-0.1, -0.05) is 20.3 Å². The van der Waals surface area contributed by atoms with Gasteiger partial charge in [0, 0.05) is 18.3 Å². The molecule has 1 heterocycles. The lowest BCUT2D eigenvalue weighted by molar-refractivity contribution is 0.0586. The Balaban J connectivity index is 2.96. The number of carbonyl (C=O) groups excluding carboxylic acids is 1. The van der Waals surface area contributed by atoms with Gasteiger partial charge < -0.3 is 10.1 Å². The summed E-state index contributed by atoms with van der Waals surface area (Å²) < 4.78 is 4.64. The number of hydrogen-bond donors (Lipinski definition) is 1. The van der Waals surface area contributed by atoms with Gasteiger partial charge in [0.1, 0.15) is 5.82 Å². The zero-order valence-corrected chi connectivity index (χ0v) is 10.6. The molecule has 0 unspecified atom stereocenters. The van der Waals surface area contributed by atoms with E-state index in [1.54, 1.807) is 0 Å². The Hall–Kier alpha value is -1.65. The third kappa shape index (κ3) is 4.01. The van der Waals surface area contributed by atoms with Crippen molar-refractivity contribution in [3.05, 3.63) is 17.6 Å². The Bertz CT molecular complexity index is 380. The maximum atomic E-state index is 11.4. The minimum atomic E-state index is -0.498. The van der Waals surface area contributed by atoms with E-state index in [0.717, 1.165) is 31.5 Å². The van der Waals surface area contributed by atoms with Gasteiger partial charge in [-0.3, -0.25) is 0 Å². The van der Waals surface area contributed by atoms with E-state index in [1.165, 1.54) is 7.11 Å². The van der Waals surface area contributed by atoms with Crippen LogP contribution in [0.5, 0.6) is 0 Å². The predicted molar refractivity (Wildman–Crippen MR) is 66.1 cm³/mol. The lowest BCUT2D eigenvalue weighted by atomic mass is 10.2. The summed E-state index contributed by atoms with van der Waals surface area (Å²) in [6.45, 7) is 4.96. The number of hydrogen-bond acceptors (Lipinski definition) is 5. The first-order chi connectivity index (χ1) is 8.21. The minimum Gasteiger partial charge on any atom is -0.463 e. The van der Waals surface area contributed by atoms with Gasteiger partial charge >= 0.3 is 5.97 Å². The second kappa shape index (κ2) is 6.83. The number of ether oxygens (including phenoxy) is 1. The summed E-state index contributed by atoms with van der Waals surface area (Å²) in [6, 6.07) is 1.88. The van der Waals surface area contributed by atoms with Crippen molar-refractivity contribution in [2.75, 3.05) is 19.0 Å². The van der Waals surface area contributed by atoms with Crippen molar-refractivity contribution in [3.63, 3.8) is 0 Å². The third-order valence-corrected chi connectivity index (χ3v) is 2.21. The number of nitrogens with zero attached hydrogens (tertiary/aromatic N) is 2. The molecule has 0 aromatic carbocycles. The summed E-state index contributed by atoms with van der Waals surface area (Å²) in [5.74, 6) is 0.310. The average Bonchev–Trinajstić information content (AvgIpc) is 2.35. The first kappa shape index (κ1) is 13.4. The fourth-order valence-corrected chi connectivity index (χ4v) is 1.41. The van der Waals surface area contributed by atoms with Crippen molar-refractivity contribution >= 4 is 11.8 Å². The monoisotopic (exact) mass is 237 g/mol. The molecule has 0 saturated heterocycles. The van der Waals surface area contributed by atoms with Crippen LogP contribution in [0.1, 0.15) is 43.0 Å². The number of esters is 1. The fourth-order valence-electron chi connectivity index (χ4n) is 1.41. The van der Waals surface area contributed by atoms with Gasteiger partial charge in [0.25, 0.3) is 0 Å². The van der Waals surface area contributed by atoms with Gasteiger partial charge in [0.05, 0.1) is 7.11 Å². The highest BCUT2D eigenvalue weighted by Crippen LogP contribution is 2.09. The van der Waals surface area contributed by atoms with E-state index >= 15 is 0 Å². The maximum Gasteiger partial charge on any atom is 0.376 e. The molecule has 1 aromatic rings. The predicted octanol–water partition coefficient (Wildman–Crippen LogP) is 2.04. The number of aromatic nitrogens is 2. The normalized spacial score (nSPS) is 10.1. The summed E-state index contributed by atoms with van der Waals surface area (Å²) in [5.41, 5.74) is 0.863. The smallest absolute Gasteiger partial charge is 0.376 e. The van der Waals surface area contributed by atoms with Crippen molar-refractivity contribution in [2.24, 2.45) is 0 Å². The number of methoxy groups -OCH3 is 1. The maximum absolute atomic E-state index is 11.4. The van der Waals surface area contributed by atoms with E-state index in [0.29, 0.717) is 5.82 Å². The average molecular weight is 237 g/mol. The summed E-state index contributed by atoms with van der Waals surface area (Å²) in [4.78, 5) is 19.7. The highest BCUT2D eigenvalue weighted by atomic mass is 16.5. The third-order valence-electron chi connectivity index (χ3n) is 2.21. The molecule has 5 nitrogen and oxygen atoms in total. The molecule has 0 amide bonds. The number of rotatable bonds is 6. The summed E-state index contributed by atoms with van der Waals surface area (Å²) in [7, 11) is 1.33. The molecule has 0 fully saturated rings. The SMILES string of the molecule is CCCNc1cc(CCC)nc(C(=O)OC)n1. The van der Waals surface area contributed by atoms with Crippen LogP contribution in [0.25, 0.3) is 0 Å². The van der Waals surface area contributed by atoms with E-state index in [1.807, 2.05) is 6.07 Å². The number of aryl methyl sites for hydroxylation is 1. The molecular formula is C12H19N3O2. The molecule has 0 radical (unpaired) electrons.